The fraction of sp³-hybridized carbons (Fsp3) is 0.429. The van der Waals surface area contributed by atoms with Crippen molar-refractivity contribution in [2.45, 2.75) is 32.2 Å². The highest BCUT2D eigenvalue weighted by atomic mass is 35.5. The molecule has 2 heterocycles. The van der Waals surface area contributed by atoms with Crippen molar-refractivity contribution in [1.82, 2.24) is 10.3 Å². The Hall–Kier alpha value is -2.27. The molecule has 1 aliphatic rings. The van der Waals surface area contributed by atoms with E-state index in [1.165, 1.54) is 0 Å². The van der Waals surface area contributed by atoms with E-state index in [0.717, 1.165) is 49.5 Å². The smallest absolute Gasteiger partial charge is 0.220 e. The zero-order valence-electron chi connectivity index (χ0n) is 15.7. The van der Waals surface area contributed by atoms with Gasteiger partial charge in [-0.1, -0.05) is 23.7 Å². The summed E-state index contributed by atoms with van der Waals surface area (Å²) in [6.45, 7) is 2.39. The third kappa shape index (κ3) is 5.60. The van der Waals surface area contributed by atoms with E-state index >= 15 is 0 Å². The number of amides is 1. The van der Waals surface area contributed by atoms with E-state index in [9.17, 15) is 4.79 Å². The van der Waals surface area contributed by atoms with Crippen LogP contribution in [0.5, 0.6) is 5.75 Å². The van der Waals surface area contributed by atoms with Gasteiger partial charge in [-0.05, 0) is 55.0 Å². The monoisotopic (exact) mass is 387 g/mol. The quantitative estimate of drug-likeness (QED) is 0.778. The molecule has 1 atom stereocenters. The van der Waals surface area contributed by atoms with Crippen LogP contribution in [0.4, 0.5) is 5.82 Å². The van der Waals surface area contributed by atoms with Crippen LogP contribution in [0.2, 0.25) is 5.02 Å². The first-order valence-electron chi connectivity index (χ1n) is 9.41. The number of hydrogen-bond donors (Lipinski definition) is 1. The Labute approximate surface area is 165 Å². The predicted molar refractivity (Wildman–Crippen MR) is 108 cm³/mol. The van der Waals surface area contributed by atoms with E-state index in [0.29, 0.717) is 23.9 Å². The molecule has 1 N–H and O–H groups in total. The zero-order valence-corrected chi connectivity index (χ0v) is 16.4. The second-order valence-electron chi connectivity index (χ2n) is 6.93. The number of rotatable bonds is 7. The Morgan fingerprint density at radius 2 is 2.26 bits per heavy atom. The zero-order chi connectivity index (χ0) is 19.1. The van der Waals surface area contributed by atoms with E-state index in [-0.39, 0.29) is 5.91 Å². The molecule has 144 valence electrons. The van der Waals surface area contributed by atoms with Gasteiger partial charge in [0.15, 0.2) is 0 Å². The van der Waals surface area contributed by atoms with E-state index in [2.05, 4.69) is 15.2 Å². The number of carbonyl (C=O) groups excluding carboxylic acids is 1. The number of pyridine rings is 1. The van der Waals surface area contributed by atoms with Gasteiger partial charge < -0.3 is 15.0 Å². The minimum atomic E-state index is 0.0887. The van der Waals surface area contributed by atoms with Crippen molar-refractivity contribution in [3.63, 3.8) is 0 Å². The Bertz CT molecular complexity index is 769. The summed E-state index contributed by atoms with van der Waals surface area (Å²) in [5.74, 6) is 2.23. The van der Waals surface area contributed by atoms with Crippen LogP contribution in [-0.2, 0) is 11.3 Å². The minimum Gasteiger partial charge on any atom is -0.497 e. The van der Waals surface area contributed by atoms with Crippen LogP contribution < -0.4 is 15.0 Å². The molecule has 27 heavy (non-hydrogen) atoms. The molecule has 5 nitrogen and oxygen atoms in total. The first-order valence-corrected chi connectivity index (χ1v) is 9.78. The average Bonchev–Trinajstić information content (AvgIpc) is 2.71. The molecule has 0 radical (unpaired) electrons. The van der Waals surface area contributed by atoms with E-state index < -0.39 is 0 Å². The van der Waals surface area contributed by atoms with Gasteiger partial charge in [0.1, 0.15) is 11.6 Å². The van der Waals surface area contributed by atoms with E-state index in [1.807, 2.05) is 36.4 Å². The summed E-state index contributed by atoms with van der Waals surface area (Å²) in [4.78, 5) is 18.9. The number of benzene rings is 1. The van der Waals surface area contributed by atoms with Crippen molar-refractivity contribution >= 4 is 23.3 Å². The molecule has 6 heteroatoms. The number of nitrogens with zero attached hydrogens (tertiary/aromatic N) is 2. The summed E-state index contributed by atoms with van der Waals surface area (Å²) in [5.41, 5.74) is 1.04. The SMILES string of the molecule is COc1cccc(CNC(=O)CC[C@@H]2CCCN(c3ncccc3Cl)C2)c1. The van der Waals surface area contributed by atoms with Crippen molar-refractivity contribution < 1.29 is 9.53 Å². The van der Waals surface area contributed by atoms with Gasteiger partial charge in [0.25, 0.3) is 0 Å². The average molecular weight is 388 g/mol. The van der Waals surface area contributed by atoms with Crippen molar-refractivity contribution in [3.05, 3.63) is 53.2 Å². The topological polar surface area (TPSA) is 54.5 Å². The van der Waals surface area contributed by atoms with E-state index in [4.69, 9.17) is 16.3 Å². The van der Waals surface area contributed by atoms with Crippen LogP contribution in [0.3, 0.4) is 0 Å². The number of nitrogens with one attached hydrogen (secondary N) is 1. The summed E-state index contributed by atoms with van der Waals surface area (Å²) in [6.07, 6.45) is 5.44. The molecular formula is C21H26ClN3O2. The molecule has 0 bridgehead atoms. The molecule has 1 amide bonds. The highest BCUT2D eigenvalue weighted by Crippen LogP contribution is 2.29. The number of aromatic nitrogens is 1. The Morgan fingerprint density at radius 3 is 3.07 bits per heavy atom. The van der Waals surface area contributed by atoms with Crippen LogP contribution in [0.15, 0.2) is 42.6 Å². The summed E-state index contributed by atoms with van der Waals surface area (Å²) < 4.78 is 5.21. The maximum atomic E-state index is 12.2. The van der Waals surface area contributed by atoms with Gasteiger partial charge in [-0.25, -0.2) is 4.98 Å². The van der Waals surface area contributed by atoms with Crippen molar-refractivity contribution in [2.24, 2.45) is 5.92 Å². The van der Waals surface area contributed by atoms with Crippen LogP contribution in [0.1, 0.15) is 31.2 Å². The highest BCUT2D eigenvalue weighted by Gasteiger charge is 2.22. The van der Waals surface area contributed by atoms with Crippen molar-refractivity contribution in [2.75, 3.05) is 25.1 Å². The minimum absolute atomic E-state index is 0.0887. The number of methoxy groups -OCH3 is 1. The fourth-order valence-corrected chi connectivity index (χ4v) is 3.75. The molecule has 3 rings (SSSR count). The summed E-state index contributed by atoms with van der Waals surface area (Å²) >= 11 is 6.28. The Balaban J connectivity index is 1.45. The number of piperidine rings is 1. The summed E-state index contributed by atoms with van der Waals surface area (Å²) in [6, 6.07) is 11.5. The van der Waals surface area contributed by atoms with Gasteiger partial charge in [-0.3, -0.25) is 4.79 Å². The molecule has 1 aliphatic heterocycles. The van der Waals surface area contributed by atoms with Gasteiger partial charge in [-0.2, -0.15) is 0 Å². The second kappa shape index (κ2) is 9.60. The van der Waals surface area contributed by atoms with Gasteiger partial charge in [0.2, 0.25) is 5.91 Å². The number of anilines is 1. The lowest BCUT2D eigenvalue weighted by atomic mass is 9.93. The van der Waals surface area contributed by atoms with Crippen LogP contribution in [0, 0.1) is 5.92 Å². The highest BCUT2D eigenvalue weighted by molar-refractivity contribution is 6.32. The lowest BCUT2D eigenvalue weighted by molar-refractivity contribution is -0.121. The molecule has 0 spiro atoms. The normalized spacial score (nSPS) is 16.8. The standard InChI is InChI=1S/C21H26ClN3O2/c1-27-18-7-2-5-17(13-18)14-24-20(26)10-9-16-6-4-12-25(15-16)21-19(22)8-3-11-23-21/h2-3,5,7-8,11,13,16H,4,6,9-10,12,14-15H2,1H3,(H,24,26)/t16-/m0/s1. The third-order valence-corrected chi connectivity index (χ3v) is 5.26. The number of hydrogen-bond acceptors (Lipinski definition) is 4. The molecule has 1 saturated heterocycles. The number of halogens is 1. The van der Waals surface area contributed by atoms with Gasteiger partial charge in [0.05, 0.1) is 12.1 Å². The lowest BCUT2D eigenvalue weighted by Gasteiger charge is -2.34. The number of carbonyl (C=O) groups is 1. The molecule has 1 aromatic carbocycles. The van der Waals surface area contributed by atoms with Gasteiger partial charge >= 0.3 is 0 Å². The van der Waals surface area contributed by atoms with Crippen LogP contribution >= 0.6 is 11.6 Å². The molecule has 1 fully saturated rings. The lowest BCUT2D eigenvalue weighted by Crippen LogP contribution is -2.36. The first-order chi connectivity index (χ1) is 13.2. The molecular weight excluding hydrogens is 362 g/mol. The van der Waals surface area contributed by atoms with Crippen LogP contribution in [-0.4, -0.2) is 31.1 Å². The third-order valence-electron chi connectivity index (χ3n) is 4.96. The second-order valence-corrected chi connectivity index (χ2v) is 7.34. The van der Waals surface area contributed by atoms with Gasteiger partial charge in [0, 0.05) is 32.3 Å². The van der Waals surface area contributed by atoms with Crippen molar-refractivity contribution in [3.8, 4) is 5.75 Å². The van der Waals surface area contributed by atoms with Crippen LogP contribution in [0.25, 0.3) is 0 Å². The van der Waals surface area contributed by atoms with Gasteiger partial charge in [-0.15, -0.1) is 0 Å². The fourth-order valence-electron chi connectivity index (χ4n) is 3.51. The first kappa shape index (κ1) is 19.5. The van der Waals surface area contributed by atoms with E-state index in [1.54, 1.807) is 13.3 Å². The summed E-state index contributed by atoms with van der Waals surface area (Å²) in [5, 5.41) is 3.69. The molecule has 0 saturated carbocycles. The maximum Gasteiger partial charge on any atom is 0.220 e. The molecule has 0 aliphatic carbocycles. The maximum absolute atomic E-state index is 12.2. The predicted octanol–water partition coefficient (Wildman–Crippen LogP) is 4.06. The Kier molecular flexibility index (Phi) is 6.93. The largest absolute Gasteiger partial charge is 0.497 e. The molecule has 0 unspecified atom stereocenters. The number of ether oxygens (including phenoxy) is 1. The molecule has 2 aromatic rings. The molecule has 1 aromatic heterocycles. The van der Waals surface area contributed by atoms with Crippen molar-refractivity contribution in [1.29, 1.82) is 0 Å². The summed E-state index contributed by atoms with van der Waals surface area (Å²) in [7, 11) is 1.64. The Morgan fingerprint density at radius 1 is 1.37 bits per heavy atom.